The molecule has 0 aromatic heterocycles. The molecule has 0 bridgehead atoms. The molecule has 2 heterocycles. The highest BCUT2D eigenvalue weighted by Crippen LogP contribution is 2.43. The van der Waals surface area contributed by atoms with E-state index in [0.29, 0.717) is 30.2 Å². The van der Waals surface area contributed by atoms with Crippen LogP contribution in [-0.4, -0.2) is 59.5 Å². The Hall–Kier alpha value is -0.470. The van der Waals surface area contributed by atoms with Crippen molar-refractivity contribution in [1.82, 2.24) is 16.0 Å². The second-order valence-corrected chi connectivity index (χ2v) is 11.4. The summed E-state index contributed by atoms with van der Waals surface area (Å²) in [6.45, 7) is 3.54. The number of aliphatic hydroxyl groups excluding tert-OH is 2. The van der Waals surface area contributed by atoms with Crippen LogP contribution in [0.4, 0.5) is 8.78 Å². The first kappa shape index (κ1) is 25.6. The lowest BCUT2D eigenvalue weighted by molar-refractivity contribution is -0.0410. The van der Waals surface area contributed by atoms with Crippen LogP contribution in [0, 0.1) is 29.6 Å². The highest BCUT2D eigenvalue weighted by atomic mass is 35.5. The summed E-state index contributed by atoms with van der Waals surface area (Å²) in [6.07, 6.45) is 4.30. The number of allylic oxidation sites excluding steroid dienone is 2. The average molecular weight is 490 g/mol. The average Bonchev–Trinajstić information content (AvgIpc) is 3.23. The first-order valence-corrected chi connectivity index (χ1v) is 13.5. The number of hydrogen-bond acceptors (Lipinski definition) is 5. The number of piperidine rings is 1. The Morgan fingerprint density at radius 1 is 1.12 bits per heavy atom. The van der Waals surface area contributed by atoms with Gasteiger partial charge in [0, 0.05) is 23.5 Å². The third kappa shape index (κ3) is 5.85. The number of hydrogen-bond donors (Lipinski definition) is 5. The smallest absolute Gasteiger partial charge is 0.147 e. The number of halogens is 3. The molecule has 0 aromatic carbocycles. The molecular formula is C25H42ClF2N3O2. The standard InChI is InChI=1S/C25H42ClF2N3O2/c1-2-3-4-21(32)31-20-10-9-19(27)22(23(20)28)24(33)18-13-30-25-17(18)11-15(12-29-25)14-5-7-16(26)8-6-14/h10,14-19,21-25,29-33H,2-9,11-13H2,1H3. The van der Waals surface area contributed by atoms with Crippen molar-refractivity contribution in [3.05, 3.63) is 11.8 Å². The summed E-state index contributed by atoms with van der Waals surface area (Å²) in [7, 11) is 0. The van der Waals surface area contributed by atoms with Crippen molar-refractivity contribution in [3.8, 4) is 0 Å². The molecule has 4 rings (SSSR count). The topological polar surface area (TPSA) is 76.5 Å². The van der Waals surface area contributed by atoms with Crippen molar-refractivity contribution >= 4 is 11.6 Å². The Morgan fingerprint density at radius 3 is 2.58 bits per heavy atom. The third-order valence-electron chi connectivity index (χ3n) is 8.71. The predicted molar refractivity (Wildman–Crippen MR) is 127 cm³/mol. The molecule has 2 aliphatic carbocycles. The van der Waals surface area contributed by atoms with E-state index in [1.165, 1.54) is 6.08 Å². The number of unbranched alkanes of at least 4 members (excludes halogenated alkanes) is 1. The van der Waals surface area contributed by atoms with Crippen molar-refractivity contribution < 1.29 is 19.0 Å². The molecule has 33 heavy (non-hydrogen) atoms. The van der Waals surface area contributed by atoms with E-state index in [4.69, 9.17) is 11.6 Å². The van der Waals surface area contributed by atoms with Gasteiger partial charge in [-0.15, -0.1) is 11.6 Å². The largest absolute Gasteiger partial charge is 0.392 e. The predicted octanol–water partition coefficient (Wildman–Crippen LogP) is 3.59. The van der Waals surface area contributed by atoms with Crippen molar-refractivity contribution in [2.24, 2.45) is 29.6 Å². The number of aliphatic hydroxyl groups is 2. The van der Waals surface area contributed by atoms with Crippen molar-refractivity contribution in [1.29, 1.82) is 0 Å². The van der Waals surface area contributed by atoms with Crippen LogP contribution in [0.15, 0.2) is 11.8 Å². The SMILES string of the molecule is CCCCC(O)NC1=CCC(F)C(C(O)C2CNC3NCC(C4CCC(Cl)CC4)CC32)C1F. The summed E-state index contributed by atoms with van der Waals surface area (Å²) in [5, 5.41) is 31.6. The lowest BCUT2D eigenvalue weighted by Gasteiger charge is -2.43. The number of fused-ring (bicyclic) bond motifs is 1. The maximum atomic E-state index is 15.5. The molecule has 9 unspecified atom stereocenters. The number of alkyl halides is 3. The molecule has 9 atom stereocenters. The van der Waals surface area contributed by atoms with Crippen LogP contribution in [0.5, 0.6) is 0 Å². The van der Waals surface area contributed by atoms with E-state index in [-0.39, 0.29) is 30.1 Å². The second kappa shape index (κ2) is 11.5. The Bertz CT molecular complexity index is 664. The zero-order chi connectivity index (χ0) is 23.5. The zero-order valence-corrected chi connectivity index (χ0v) is 20.5. The maximum Gasteiger partial charge on any atom is 0.147 e. The fraction of sp³-hybridized carbons (Fsp3) is 0.920. The molecule has 0 radical (unpaired) electrons. The van der Waals surface area contributed by atoms with Gasteiger partial charge in [-0.25, -0.2) is 8.78 Å². The van der Waals surface area contributed by atoms with Crippen molar-refractivity contribution in [3.63, 3.8) is 0 Å². The van der Waals surface area contributed by atoms with Gasteiger partial charge in [0.05, 0.1) is 18.2 Å². The fourth-order valence-corrected chi connectivity index (χ4v) is 6.97. The van der Waals surface area contributed by atoms with Gasteiger partial charge in [0.2, 0.25) is 0 Å². The fourth-order valence-electron chi connectivity index (χ4n) is 6.71. The van der Waals surface area contributed by atoms with E-state index in [9.17, 15) is 14.6 Å². The number of nitrogens with one attached hydrogen (secondary N) is 3. The zero-order valence-electron chi connectivity index (χ0n) is 19.7. The van der Waals surface area contributed by atoms with Gasteiger partial charge in [-0.2, -0.15) is 0 Å². The molecule has 5 N–H and O–H groups in total. The number of rotatable bonds is 8. The molecule has 2 saturated heterocycles. The molecule has 8 heteroatoms. The van der Waals surface area contributed by atoms with Gasteiger partial charge in [0.15, 0.2) is 0 Å². The van der Waals surface area contributed by atoms with E-state index < -0.39 is 30.6 Å². The summed E-state index contributed by atoms with van der Waals surface area (Å²) in [4.78, 5) is 0. The van der Waals surface area contributed by atoms with E-state index in [1.807, 2.05) is 6.92 Å². The van der Waals surface area contributed by atoms with Crippen LogP contribution in [-0.2, 0) is 0 Å². The van der Waals surface area contributed by atoms with Gasteiger partial charge in [-0.1, -0.05) is 19.4 Å². The van der Waals surface area contributed by atoms with E-state index >= 15 is 4.39 Å². The molecule has 0 amide bonds. The third-order valence-corrected chi connectivity index (χ3v) is 9.14. The van der Waals surface area contributed by atoms with Gasteiger partial charge < -0.3 is 26.2 Å². The minimum absolute atomic E-state index is 0.0573. The molecule has 1 saturated carbocycles. The molecule has 0 spiro atoms. The van der Waals surface area contributed by atoms with E-state index in [2.05, 4.69) is 16.0 Å². The van der Waals surface area contributed by atoms with Crippen LogP contribution in [0.25, 0.3) is 0 Å². The first-order chi connectivity index (χ1) is 15.9. The molecule has 4 aliphatic rings. The van der Waals surface area contributed by atoms with Crippen LogP contribution in [0.1, 0.15) is 64.7 Å². The van der Waals surface area contributed by atoms with Crippen molar-refractivity contribution in [2.75, 3.05) is 13.1 Å². The van der Waals surface area contributed by atoms with Gasteiger partial charge in [-0.05, 0) is 75.7 Å². The minimum Gasteiger partial charge on any atom is -0.392 e. The highest BCUT2D eigenvalue weighted by Gasteiger charge is 2.50. The van der Waals surface area contributed by atoms with Crippen LogP contribution >= 0.6 is 11.6 Å². The Balaban J connectivity index is 1.40. The minimum atomic E-state index is -1.65. The Morgan fingerprint density at radius 2 is 1.85 bits per heavy atom. The van der Waals surface area contributed by atoms with Gasteiger partial charge in [0.25, 0.3) is 0 Å². The molecule has 2 aliphatic heterocycles. The summed E-state index contributed by atoms with van der Waals surface area (Å²) in [5.74, 6) is -0.00405. The lowest BCUT2D eigenvalue weighted by atomic mass is 9.69. The quantitative estimate of drug-likeness (QED) is 0.266. The van der Waals surface area contributed by atoms with Gasteiger partial charge in [-0.3, -0.25) is 0 Å². The van der Waals surface area contributed by atoms with E-state index in [0.717, 1.165) is 51.5 Å². The molecule has 3 fully saturated rings. The molecular weight excluding hydrogens is 448 g/mol. The summed E-state index contributed by atoms with van der Waals surface area (Å²) < 4.78 is 30.4. The van der Waals surface area contributed by atoms with E-state index in [1.54, 1.807) is 0 Å². The van der Waals surface area contributed by atoms with Crippen molar-refractivity contribution in [2.45, 2.75) is 101 Å². The maximum absolute atomic E-state index is 15.5. The normalized spacial score (nSPS) is 43.5. The Kier molecular flexibility index (Phi) is 8.94. The van der Waals surface area contributed by atoms with Gasteiger partial charge in [0.1, 0.15) is 18.6 Å². The first-order valence-electron chi connectivity index (χ1n) is 13.1. The lowest BCUT2D eigenvalue weighted by Crippen LogP contribution is -2.53. The summed E-state index contributed by atoms with van der Waals surface area (Å²) in [5.41, 5.74) is 0.219. The Labute approximate surface area is 202 Å². The highest BCUT2D eigenvalue weighted by molar-refractivity contribution is 6.20. The summed E-state index contributed by atoms with van der Waals surface area (Å²) in [6, 6.07) is 0. The second-order valence-electron chi connectivity index (χ2n) is 10.8. The van der Waals surface area contributed by atoms with Crippen LogP contribution in [0.3, 0.4) is 0 Å². The van der Waals surface area contributed by atoms with Crippen LogP contribution in [0.2, 0.25) is 0 Å². The molecule has 0 aromatic rings. The van der Waals surface area contributed by atoms with Crippen LogP contribution < -0.4 is 16.0 Å². The molecule has 5 nitrogen and oxygen atoms in total. The van der Waals surface area contributed by atoms with Gasteiger partial charge >= 0.3 is 0 Å². The monoisotopic (exact) mass is 489 g/mol. The summed E-state index contributed by atoms with van der Waals surface area (Å²) >= 11 is 6.30. The molecule has 190 valence electrons.